The molecule has 0 aliphatic carbocycles. The molecule has 94 valence electrons. The lowest BCUT2D eigenvalue weighted by Crippen LogP contribution is -2.17. The minimum atomic E-state index is -0.00643. The van der Waals surface area contributed by atoms with Crippen LogP contribution in [0.25, 0.3) is 0 Å². The van der Waals surface area contributed by atoms with Gasteiger partial charge in [0.25, 0.3) is 0 Å². The smallest absolute Gasteiger partial charge is 0.306 e. The number of carbonyl (C=O) groups excluding carboxylic acids is 1. The maximum atomic E-state index is 11.4. The molecule has 1 fully saturated rings. The Kier molecular flexibility index (Phi) is 4.60. The van der Waals surface area contributed by atoms with Crippen molar-refractivity contribution >= 4 is 17.3 Å². The van der Waals surface area contributed by atoms with Gasteiger partial charge in [-0.3, -0.25) is 4.79 Å². The van der Waals surface area contributed by atoms with Crippen molar-refractivity contribution in [1.82, 2.24) is 0 Å². The minimum absolute atomic E-state index is 0.00643. The predicted molar refractivity (Wildman–Crippen MR) is 70.2 cm³/mol. The molecule has 0 amide bonds. The van der Waals surface area contributed by atoms with E-state index in [9.17, 15) is 4.79 Å². The normalized spacial score (nSPS) is 23.9. The van der Waals surface area contributed by atoms with Gasteiger partial charge in [0.15, 0.2) is 0 Å². The second-order valence-corrected chi connectivity index (χ2v) is 5.80. The Morgan fingerprint density at radius 2 is 2.35 bits per heavy atom. The van der Waals surface area contributed by atoms with Crippen LogP contribution in [0, 0.1) is 5.92 Å². The van der Waals surface area contributed by atoms with E-state index in [0.29, 0.717) is 12.3 Å². The summed E-state index contributed by atoms with van der Waals surface area (Å²) in [7, 11) is 0. The number of esters is 1. The van der Waals surface area contributed by atoms with E-state index in [4.69, 9.17) is 4.74 Å². The lowest BCUT2D eigenvalue weighted by Gasteiger charge is -2.16. The molecule has 2 nitrogen and oxygen atoms in total. The molecule has 1 aliphatic rings. The van der Waals surface area contributed by atoms with Crippen molar-refractivity contribution < 1.29 is 9.53 Å². The summed E-state index contributed by atoms with van der Waals surface area (Å²) < 4.78 is 5.43. The number of hydrogen-bond acceptors (Lipinski definition) is 3. The Labute approximate surface area is 107 Å². The molecule has 3 heteroatoms. The summed E-state index contributed by atoms with van der Waals surface area (Å²) in [6.45, 7) is 2.20. The molecule has 2 atom stereocenters. The SMILES string of the molecule is CCCCC[C@H]1OC(=O)C[C@@H]1Cc1cccs1. The van der Waals surface area contributed by atoms with Crippen molar-refractivity contribution in [3.8, 4) is 0 Å². The van der Waals surface area contributed by atoms with Crippen LogP contribution in [0.3, 0.4) is 0 Å². The number of thiophene rings is 1. The lowest BCUT2D eigenvalue weighted by molar-refractivity contribution is -0.141. The van der Waals surface area contributed by atoms with Crippen molar-refractivity contribution in [3.05, 3.63) is 22.4 Å². The summed E-state index contributed by atoms with van der Waals surface area (Å²) in [6.07, 6.45) is 6.44. The number of rotatable bonds is 6. The Morgan fingerprint density at radius 1 is 1.47 bits per heavy atom. The molecule has 1 aliphatic heterocycles. The molecule has 0 unspecified atom stereocenters. The highest BCUT2D eigenvalue weighted by Crippen LogP contribution is 2.30. The Bertz CT molecular complexity index is 345. The predicted octanol–water partition coefficient (Wildman–Crippen LogP) is 3.80. The summed E-state index contributed by atoms with van der Waals surface area (Å²) in [4.78, 5) is 12.8. The third-order valence-electron chi connectivity index (χ3n) is 3.37. The molecule has 0 saturated carbocycles. The zero-order valence-corrected chi connectivity index (χ0v) is 11.2. The molecule has 1 aromatic rings. The molecule has 1 saturated heterocycles. The topological polar surface area (TPSA) is 26.3 Å². The van der Waals surface area contributed by atoms with Gasteiger partial charge in [0.05, 0.1) is 6.42 Å². The van der Waals surface area contributed by atoms with Crippen LogP contribution < -0.4 is 0 Å². The first kappa shape index (κ1) is 12.6. The maximum Gasteiger partial charge on any atom is 0.306 e. The van der Waals surface area contributed by atoms with Gasteiger partial charge < -0.3 is 4.74 Å². The quantitative estimate of drug-likeness (QED) is 0.568. The second kappa shape index (κ2) is 6.20. The summed E-state index contributed by atoms with van der Waals surface area (Å²) >= 11 is 1.77. The van der Waals surface area contributed by atoms with Crippen molar-refractivity contribution in [2.24, 2.45) is 5.92 Å². The Morgan fingerprint density at radius 3 is 3.06 bits per heavy atom. The van der Waals surface area contributed by atoms with Gasteiger partial charge in [-0.2, -0.15) is 0 Å². The average Bonchev–Trinajstić information content (AvgIpc) is 2.90. The fourth-order valence-corrected chi connectivity index (χ4v) is 3.24. The van der Waals surface area contributed by atoms with Gasteiger partial charge in [-0.05, 0) is 30.7 Å². The first-order valence-electron chi connectivity index (χ1n) is 6.51. The monoisotopic (exact) mass is 252 g/mol. The van der Waals surface area contributed by atoms with Crippen molar-refractivity contribution in [2.45, 2.75) is 51.6 Å². The van der Waals surface area contributed by atoms with Crippen LogP contribution in [-0.2, 0) is 16.0 Å². The van der Waals surface area contributed by atoms with Crippen LogP contribution in [-0.4, -0.2) is 12.1 Å². The molecular formula is C14H20O2S. The summed E-state index contributed by atoms with van der Waals surface area (Å²) in [5, 5.41) is 2.10. The van der Waals surface area contributed by atoms with Crippen LogP contribution in [0.4, 0.5) is 0 Å². The largest absolute Gasteiger partial charge is 0.462 e. The van der Waals surface area contributed by atoms with Gasteiger partial charge in [-0.25, -0.2) is 0 Å². The molecule has 2 rings (SSSR count). The van der Waals surface area contributed by atoms with Crippen molar-refractivity contribution in [1.29, 1.82) is 0 Å². The maximum absolute atomic E-state index is 11.4. The first-order chi connectivity index (χ1) is 8.29. The molecule has 2 heterocycles. The first-order valence-corrected chi connectivity index (χ1v) is 7.39. The van der Waals surface area contributed by atoms with E-state index in [2.05, 4.69) is 24.4 Å². The van der Waals surface area contributed by atoms with Crippen molar-refractivity contribution in [3.63, 3.8) is 0 Å². The van der Waals surface area contributed by atoms with E-state index in [1.165, 1.54) is 24.1 Å². The number of unbranched alkanes of at least 4 members (excludes halogenated alkanes) is 2. The van der Waals surface area contributed by atoms with E-state index in [0.717, 1.165) is 12.8 Å². The van der Waals surface area contributed by atoms with Gasteiger partial charge in [0, 0.05) is 10.8 Å². The van der Waals surface area contributed by atoms with Crippen LogP contribution in [0.2, 0.25) is 0 Å². The van der Waals surface area contributed by atoms with E-state index in [1.807, 2.05) is 0 Å². The highest BCUT2D eigenvalue weighted by Gasteiger charge is 2.34. The standard InChI is InChI=1S/C14H20O2S/c1-2-3-4-7-13-11(10-14(15)16-13)9-12-6-5-8-17-12/h5-6,8,11,13H,2-4,7,9-10H2,1H3/t11-,13+/m0/s1. The highest BCUT2D eigenvalue weighted by atomic mass is 32.1. The molecule has 0 spiro atoms. The van der Waals surface area contributed by atoms with E-state index in [-0.39, 0.29) is 12.1 Å². The summed E-state index contributed by atoms with van der Waals surface area (Å²) in [5.74, 6) is 0.395. The average molecular weight is 252 g/mol. The molecular weight excluding hydrogens is 232 g/mol. The highest BCUT2D eigenvalue weighted by molar-refractivity contribution is 7.09. The fourth-order valence-electron chi connectivity index (χ4n) is 2.44. The number of cyclic esters (lactones) is 1. The summed E-state index contributed by atoms with van der Waals surface area (Å²) in [6, 6.07) is 4.22. The molecule has 1 aromatic heterocycles. The van der Waals surface area contributed by atoms with Crippen LogP contribution >= 0.6 is 11.3 Å². The van der Waals surface area contributed by atoms with Gasteiger partial charge in [-0.15, -0.1) is 11.3 Å². The Hall–Kier alpha value is -0.830. The van der Waals surface area contributed by atoms with E-state index >= 15 is 0 Å². The number of carbonyl (C=O) groups is 1. The van der Waals surface area contributed by atoms with Gasteiger partial charge in [0.1, 0.15) is 6.10 Å². The molecule has 0 bridgehead atoms. The number of hydrogen-bond donors (Lipinski definition) is 0. The van der Waals surface area contributed by atoms with Gasteiger partial charge >= 0.3 is 5.97 Å². The van der Waals surface area contributed by atoms with Crippen molar-refractivity contribution in [2.75, 3.05) is 0 Å². The minimum Gasteiger partial charge on any atom is -0.462 e. The number of ether oxygens (including phenoxy) is 1. The van der Waals surface area contributed by atoms with Crippen LogP contribution in [0.1, 0.15) is 43.9 Å². The molecule has 0 N–H and O–H groups in total. The molecule has 0 radical (unpaired) electrons. The van der Waals surface area contributed by atoms with Gasteiger partial charge in [0.2, 0.25) is 0 Å². The second-order valence-electron chi connectivity index (χ2n) is 4.77. The van der Waals surface area contributed by atoms with E-state index in [1.54, 1.807) is 11.3 Å². The third-order valence-corrected chi connectivity index (χ3v) is 4.27. The molecule has 0 aromatic carbocycles. The lowest BCUT2D eigenvalue weighted by atomic mass is 9.93. The van der Waals surface area contributed by atoms with E-state index < -0.39 is 0 Å². The summed E-state index contributed by atoms with van der Waals surface area (Å²) in [5.41, 5.74) is 0. The molecule has 17 heavy (non-hydrogen) atoms. The fraction of sp³-hybridized carbons (Fsp3) is 0.643. The Balaban J connectivity index is 1.87. The zero-order chi connectivity index (χ0) is 12.1. The zero-order valence-electron chi connectivity index (χ0n) is 10.4. The third kappa shape index (κ3) is 3.56. The van der Waals surface area contributed by atoms with Crippen LogP contribution in [0.15, 0.2) is 17.5 Å². The van der Waals surface area contributed by atoms with Gasteiger partial charge in [-0.1, -0.05) is 25.8 Å². The van der Waals surface area contributed by atoms with Crippen LogP contribution in [0.5, 0.6) is 0 Å².